The zero-order chi connectivity index (χ0) is 17.6. The molecule has 0 atom stereocenters. The number of nitriles is 1. The number of carbonyl (C=O) groups is 1. The van der Waals surface area contributed by atoms with E-state index in [9.17, 15) is 4.79 Å². The number of pyridine rings is 2. The number of carbonyl (C=O) groups excluding carboxylic acids is 1. The van der Waals surface area contributed by atoms with Crippen molar-refractivity contribution in [1.29, 1.82) is 5.26 Å². The Hall–Kier alpha value is -2.98. The molecule has 0 saturated carbocycles. The van der Waals surface area contributed by atoms with Gasteiger partial charge in [0.2, 0.25) is 0 Å². The number of ether oxygens (including phenoxy) is 2. The molecule has 0 saturated heterocycles. The summed E-state index contributed by atoms with van der Waals surface area (Å²) in [6.07, 6.45) is 3.93. The molecule has 1 aliphatic heterocycles. The van der Waals surface area contributed by atoms with Gasteiger partial charge in [0.05, 0.1) is 17.9 Å². The summed E-state index contributed by atoms with van der Waals surface area (Å²) >= 11 is 0. The highest BCUT2D eigenvalue weighted by Crippen LogP contribution is 2.26. The molecule has 25 heavy (non-hydrogen) atoms. The number of hydrogen-bond acceptors (Lipinski definition) is 7. The van der Waals surface area contributed by atoms with Gasteiger partial charge in [0.15, 0.2) is 5.69 Å². The van der Waals surface area contributed by atoms with E-state index in [2.05, 4.69) is 21.4 Å². The first kappa shape index (κ1) is 16.9. The van der Waals surface area contributed by atoms with E-state index >= 15 is 0 Å². The van der Waals surface area contributed by atoms with Gasteiger partial charge in [-0.2, -0.15) is 5.26 Å². The predicted octanol–water partition coefficient (Wildman–Crippen LogP) is 1.75. The summed E-state index contributed by atoms with van der Waals surface area (Å²) in [5.74, 6) is 0.158. The molecule has 0 unspecified atom stereocenters. The lowest BCUT2D eigenvalue weighted by molar-refractivity contribution is 0.0518. The molecule has 2 aromatic heterocycles. The van der Waals surface area contributed by atoms with Crippen molar-refractivity contribution >= 4 is 5.97 Å². The molecule has 2 aromatic rings. The first-order valence-corrected chi connectivity index (χ1v) is 8.08. The second kappa shape index (κ2) is 7.73. The maximum absolute atomic E-state index is 12.0. The Balaban J connectivity index is 1.87. The van der Waals surface area contributed by atoms with Gasteiger partial charge in [0.1, 0.15) is 18.4 Å². The zero-order valence-corrected chi connectivity index (χ0v) is 13.9. The number of nitrogens with zero attached hydrogens (tertiary/aromatic N) is 3. The van der Waals surface area contributed by atoms with E-state index < -0.39 is 5.97 Å². The molecule has 0 spiro atoms. The van der Waals surface area contributed by atoms with Crippen LogP contribution in [0.25, 0.3) is 0 Å². The van der Waals surface area contributed by atoms with Gasteiger partial charge in [-0.05, 0) is 26.0 Å². The molecule has 0 bridgehead atoms. The van der Waals surface area contributed by atoms with Crippen LogP contribution in [0.5, 0.6) is 5.75 Å². The van der Waals surface area contributed by atoms with Gasteiger partial charge in [-0.1, -0.05) is 0 Å². The van der Waals surface area contributed by atoms with Crippen molar-refractivity contribution in [3.8, 4) is 11.8 Å². The molecule has 0 fully saturated rings. The molecule has 7 heteroatoms. The van der Waals surface area contributed by atoms with Crippen molar-refractivity contribution in [3.63, 3.8) is 0 Å². The van der Waals surface area contributed by atoms with Gasteiger partial charge in [-0.25, -0.2) is 9.78 Å². The molecule has 7 nitrogen and oxygen atoms in total. The first-order chi connectivity index (χ1) is 12.2. The number of rotatable bonds is 5. The quantitative estimate of drug-likeness (QED) is 0.829. The van der Waals surface area contributed by atoms with E-state index in [-0.39, 0.29) is 12.3 Å². The lowest BCUT2D eigenvalue weighted by Gasteiger charge is -2.20. The maximum Gasteiger partial charge on any atom is 0.357 e. The Morgan fingerprint density at radius 2 is 2.28 bits per heavy atom. The summed E-state index contributed by atoms with van der Waals surface area (Å²) in [7, 11) is 0. The largest absolute Gasteiger partial charge is 0.488 e. The Labute approximate surface area is 145 Å². The fraction of sp³-hybridized carbons (Fsp3) is 0.333. The van der Waals surface area contributed by atoms with Crippen molar-refractivity contribution in [1.82, 2.24) is 15.3 Å². The second-order valence-corrected chi connectivity index (χ2v) is 5.56. The van der Waals surface area contributed by atoms with E-state index in [1.54, 1.807) is 25.3 Å². The number of aromatic nitrogens is 2. The van der Waals surface area contributed by atoms with E-state index in [1.165, 1.54) is 6.20 Å². The van der Waals surface area contributed by atoms with Gasteiger partial charge < -0.3 is 14.8 Å². The summed E-state index contributed by atoms with van der Waals surface area (Å²) in [5.41, 5.74) is 3.31. The third kappa shape index (κ3) is 3.92. The zero-order valence-electron chi connectivity index (χ0n) is 13.9. The Bertz CT molecular complexity index is 830. The molecule has 3 rings (SSSR count). The maximum atomic E-state index is 12.0. The van der Waals surface area contributed by atoms with Crippen molar-refractivity contribution < 1.29 is 14.3 Å². The van der Waals surface area contributed by atoms with Gasteiger partial charge in [0.25, 0.3) is 0 Å². The third-order valence-corrected chi connectivity index (χ3v) is 3.82. The van der Waals surface area contributed by atoms with Crippen molar-refractivity contribution in [3.05, 3.63) is 52.6 Å². The van der Waals surface area contributed by atoms with Gasteiger partial charge in [0, 0.05) is 36.1 Å². The van der Waals surface area contributed by atoms with Crippen molar-refractivity contribution in [2.45, 2.75) is 26.5 Å². The van der Waals surface area contributed by atoms with Crippen LogP contribution in [0.3, 0.4) is 0 Å². The minimum absolute atomic E-state index is 0.239. The van der Waals surface area contributed by atoms with Gasteiger partial charge in [-0.15, -0.1) is 0 Å². The van der Waals surface area contributed by atoms with Crippen LogP contribution < -0.4 is 10.1 Å². The van der Waals surface area contributed by atoms with Crippen LogP contribution in [-0.4, -0.2) is 29.1 Å². The number of fused-ring (bicyclic) bond motifs is 1. The summed E-state index contributed by atoms with van der Waals surface area (Å²) in [6, 6.07) is 5.42. The average Bonchev–Trinajstić information content (AvgIpc) is 2.66. The molecule has 0 aromatic carbocycles. The van der Waals surface area contributed by atoms with Crippen molar-refractivity contribution in [2.24, 2.45) is 0 Å². The molecule has 3 heterocycles. The molecule has 0 amide bonds. The minimum atomic E-state index is -0.464. The molecule has 0 aliphatic carbocycles. The van der Waals surface area contributed by atoms with Crippen LogP contribution in [0.2, 0.25) is 0 Å². The lowest BCUT2D eigenvalue weighted by Crippen LogP contribution is -2.26. The van der Waals surface area contributed by atoms with Crippen LogP contribution >= 0.6 is 0 Å². The Kier molecular flexibility index (Phi) is 5.21. The molecule has 1 N–H and O–H groups in total. The molecular formula is C18H18N4O3. The van der Waals surface area contributed by atoms with E-state index in [0.29, 0.717) is 24.5 Å². The number of hydrogen-bond donors (Lipinski definition) is 1. The Morgan fingerprint density at radius 3 is 3.08 bits per heavy atom. The van der Waals surface area contributed by atoms with E-state index in [4.69, 9.17) is 14.7 Å². The van der Waals surface area contributed by atoms with Crippen LogP contribution in [0.4, 0.5) is 0 Å². The number of nitrogens with one attached hydrogen (secondary N) is 1. The summed E-state index contributed by atoms with van der Waals surface area (Å²) in [6.45, 7) is 3.72. The summed E-state index contributed by atoms with van der Waals surface area (Å²) in [4.78, 5) is 20.5. The molecule has 128 valence electrons. The van der Waals surface area contributed by atoms with Gasteiger partial charge in [-0.3, -0.25) is 4.98 Å². The fourth-order valence-electron chi connectivity index (χ4n) is 2.66. The first-order valence-electron chi connectivity index (χ1n) is 8.08. The molecular weight excluding hydrogens is 320 g/mol. The minimum Gasteiger partial charge on any atom is -0.488 e. The summed E-state index contributed by atoms with van der Waals surface area (Å²) in [5, 5.41) is 12.2. The predicted molar refractivity (Wildman–Crippen MR) is 88.9 cm³/mol. The van der Waals surface area contributed by atoms with Crippen LogP contribution in [0, 0.1) is 11.3 Å². The highest BCUT2D eigenvalue weighted by Gasteiger charge is 2.20. The highest BCUT2D eigenvalue weighted by molar-refractivity contribution is 5.88. The van der Waals surface area contributed by atoms with Gasteiger partial charge >= 0.3 is 5.97 Å². The molecule has 0 radical (unpaired) electrons. The van der Waals surface area contributed by atoms with Crippen LogP contribution in [-0.2, 0) is 24.3 Å². The lowest BCUT2D eigenvalue weighted by atomic mass is 10.0. The third-order valence-electron chi connectivity index (χ3n) is 3.82. The monoisotopic (exact) mass is 338 g/mol. The summed E-state index contributed by atoms with van der Waals surface area (Å²) < 4.78 is 11.0. The van der Waals surface area contributed by atoms with E-state index in [1.807, 2.05) is 0 Å². The fourth-order valence-corrected chi connectivity index (χ4v) is 2.66. The van der Waals surface area contributed by atoms with Crippen molar-refractivity contribution in [2.75, 3.05) is 13.2 Å². The normalized spacial score (nSPS) is 12.8. The highest BCUT2D eigenvalue weighted by atomic mass is 16.5. The van der Waals surface area contributed by atoms with Crippen LogP contribution in [0.1, 0.15) is 39.8 Å². The SMILES string of the molecule is CCOC(=O)c1cc(OCc2cncc(C#N)c2)c2c(n1)CNCC2. The number of esters is 1. The smallest absolute Gasteiger partial charge is 0.357 e. The van der Waals surface area contributed by atoms with E-state index in [0.717, 1.165) is 29.8 Å². The van der Waals surface area contributed by atoms with Crippen LogP contribution in [0.15, 0.2) is 24.5 Å². The molecule has 1 aliphatic rings. The topological polar surface area (TPSA) is 97.1 Å². The standard InChI is InChI=1S/C18H18N4O3/c1-2-24-18(23)15-6-17(14-3-4-20-10-16(14)22-15)25-11-13-5-12(7-19)8-21-9-13/h5-6,8-9,20H,2-4,10-11H2,1H3. The average molecular weight is 338 g/mol. The second-order valence-electron chi connectivity index (χ2n) is 5.56. The Morgan fingerprint density at radius 1 is 1.40 bits per heavy atom.